The Balaban J connectivity index is 1.66. The second kappa shape index (κ2) is 4.96. The first kappa shape index (κ1) is 10.9. The van der Waals surface area contributed by atoms with Crippen molar-refractivity contribution in [2.24, 2.45) is 0 Å². The van der Waals surface area contributed by atoms with Crippen LogP contribution >= 0.6 is 0 Å². The Labute approximate surface area is 94.0 Å². The molecule has 0 heterocycles. The van der Waals surface area contributed by atoms with Gasteiger partial charge in [-0.3, -0.25) is 4.79 Å². The zero-order chi connectivity index (χ0) is 11.4. The van der Waals surface area contributed by atoms with Crippen LogP contribution in [-0.4, -0.2) is 18.5 Å². The molecule has 1 aromatic carbocycles. The highest BCUT2D eigenvalue weighted by Crippen LogP contribution is 2.18. The van der Waals surface area contributed by atoms with E-state index in [0.717, 1.165) is 18.5 Å². The monoisotopic (exact) mass is 222 g/mol. The summed E-state index contributed by atoms with van der Waals surface area (Å²) in [6.45, 7) is 0.574. The maximum absolute atomic E-state index is 12.6. The van der Waals surface area contributed by atoms with Gasteiger partial charge in [0.05, 0.1) is 0 Å². The molecular formula is C12H15FN2O. The summed E-state index contributed by atoms with van der Waals surface area (Å²) in [5.41, 5.74) is 0.834. The van der Waals surface area contributed by atoms with Crippen LogP contribution in [0.15, 0.2) is 24.3 Å². The number of anilines is 1. The Hall–Kier alpha value is -1.58. The van der Waals surface area contributed by atoms with Gasteiger partial charge in [0.25, 0.3) is 0 Å². The van der Waals surface area contributed by atoms with E-state index in [1.807, 2.05) is 0 Å². The van der Waals surface area contributed by atoms with Gasteiger partial charge >= 0.3 is 0 Å². The van der Waals surface area contributed by atoms with Crippen LogP contribution in [0.5, 0.6) is 0 Å². The zero-order valence-corrected chi connectivity index (χ0v) is 9.00. The summed E-state index contributed by atoms with van der Waals surface area (Å²) in [5, 5.41) is 5.98. The summed E-state index contributed by atoms with van der Waals surface area (Å²) in [4.78, 5) is 11.3. The largest absolute Gasteiger partial charge is 0.385 e. The first-order chi connectivity index (χ1) is 7.74. The summed E-state index contributed by atoms with van der Waals surface area (Å²) in [7, 11) is 0. The molecule has 0 saturated heterocycles. The number of nitrogens with one attached hydrogen (secondary N) is 2. The van der Waals surface area contributed by atoms with Crippen molar-refractivity contribution in [3.05, 3.63) is 30.1 Å². The van der Waals surface area contributed by atoms with Gasteiger partial charge in [-0.15, -0.1) is 0 Å². The maximum Gasteiger partial charge on any atom is 0.221 e. The minimum Gasteiger partial charge on any atom is -0.385 e. The van der Waals surface area contributed by atoms with Crippen molar-refractivity contribution >= 4 is 11.6 Å². The Morgan fingerprint density at radius 2 is 2.00 bits per heavy atom. The van der Waals surface area contributed by atoms with Gasteiger partial charge in [-0.1, -0.05) is 0 Å². The molecule has 1 saturated carbocycles. The molecule has 0 atom stereocenters. The highest BCUT2D eigenvalue weighted by molar-refractivity contribution is 5.77. The standard InChI is InChI=1S/C12H15FN2O/c13-9-1-3-10(4-2-9)14-8-7-12(16)15-11-5-6-11/h1-4,11,14H,5-8H2,(H,15,16). The predicted octanol–water partition coefficient (Wildman–Crippen LogP) is 1.91. The van der Waals surface area contributed by atoms with Crippen LogP contribution in [0, 0.1) is 5.82 Å². The minimum atomic E-state index is -0.253. The second-order valence-electron chi connectivity index (χ2n) is 4.03. The van der Waals surface area contributed by atoms with Crippen molar-refractivity contribution in [2.75, 3.05) is 11.9 Å². The molecular weight excluding hydrogens is 207 g/mol. The average Bonchev–Trinajstić information content (AvgIpc) is 3.05. The topological polar surface area (TPSA) is 41.1 Å². The van der Waals surface area contributed by atoms with E-state index in [-0.39, 0.29) is 11.7 Å². The van der Waals surface area contributed by atoms with E-state index < -0.39 is 0 Å². The highest BCUT2D eigenvalue weighted by Gasteiger charge is 2.22. The van der Waals surface area contributed by atoms with E-state index in [1.54, 1.807) is 12.1 Å². The summed E-state index contributed by atoms with van der Waals surface area (Å²) in [6, 6.07) is 6.53. The molecule has 1 fully saturated rings. The van der Waals surface area contributed by atoms with Crippen molar-refractivity contribution in [3.8, 4) is 0 Å². The quantitative estimate of drug-likeness (QED) is 0.799. The van der Waals surface area contributed by atoms with Gasteiger partial charge in [-0.2, -0.15) is 0 Å². The smallest absolute Gasteiger partial charge is 0.221 e. The van der Waals surface area contributed by atoms with Gasteiger partial charge < -0.3 is 10.6 Å². The second-order valence-corrected chi connectivity index (χ2v) is 4.03. The van der Waals surface area contributed by atoms with Crippen molar-refractivity contribution in [1.29, 1.82) is 0 Å². The maximum atomic E-state index is 12.6. The number of rotatable bonds is 5. The lowest BCUT2D eigenvalue weighted by Crippen LogP contribution is -2.27. The van der Waals surface area contributed by atoms with Crippen molar-refractivity contribution in [2.45, 2.75) is 25.3 Å². The van der Waals surface area contributed by atoms with Crippen LogP contribution in [0.2, 0.25) is 0 Å². The van der Waals surface area contributed by atoms with Crippen LogP contribution in [0.25, 0.3) is 0 Å². The number of halogens is 1. The number of amides is 1. The molecule has 3 nitrogen and oxygen atoms in total. The van der Waals surface area contributed by atoms with Crippen LogP contribution in [0.1, 0.15) is 19.3 Å². The molecule has 4 heteroatoms. The highest BCUT2D eigenvalue weighted by atomic mass is 19.1. The van der Waals surface area contributed by atoms with E-state index in [9.17, 15) is 9.18 Å². The third kappa shape index (κ3) is 3.53. The fourth-order valence-electron chi connectivity index (χ4n) is 1.42. The van der Waals surface area contributed by atoms with E-state index in [4.69, 9.17) is 0 Å². The van der Waals surface area contributed by atoms with Gasteiger partial charge in [0.15, 0.2) is 0 Å². The molecule has 1 aromatic rings. The third-order valence-electron chi connectivity index (χ3n) is 2.47. The molecule has 16 heavy (non-hydrogen) atoms. The first-order valence-electron chi connectivity index (χ1n) is 5.53. The molecule has 0 unspecified atom stereocenters. The molecule has 0 aliphatic heterocycles. The van der Waals surface area contributed by atoms with Gasteiger partial charge in [-0.25, -0.2) is 4.39 Å². The number of carbonyl (C=O) groups excluding carboxylic acids is 1. The molecule has 1 aliphatic rings. The normalized spacial score (nSPS) is 14.6. The molecule has 2 rings (SSSR count). The van der Waals surface area contributed by atoms with E-state index in [0.29, 0.717) is 19.0 Å². The molecule has 0 spiro atoms. The molecule has 1 amide bonds. The van der Waals surface area contributed by atoms with E-state index >= 15 is 0 Å². The lowest BCUT2D eigenvalue weighted by atomic mass is 10.3. The molecule has 86 valence electrons. The van der Waals surface area contributed by atoms with Crippen molar-refractivity contribution < 1.29 is 9.18 Å². The Morgan fingerprint density at radius 1 is 1.31 bits per heavy atom. The Kier molecular flexibility index (Phi) is 3.39. The number of hydrogen-bond donors (Lipinski definition) is 2. The molecule has 2 N–H and O–H groups in total. The van der Waals surface area contributed by atoms with E-state index in [1.165, 1.54) is 12.1 Å². The van der Waals surface area contributed by atoms with Crippen LogP contribution in [0.4, 0.5) is 10.1 Å². The molecule has 0 aromatic heterocycles. The summed E-state index contributed by atoms with van der Waals surface area (Å²) >= 11 is 0. The van der Waals surface area contributed by atoms with Crippen LogP contribution in [0.3, 0.4) is 0 Å². The SMILES string of the molecule is O=C(CCNc1ccc(F)cc1)NC1CC1. The lowest BCUT2D eigenvalue weighted by molar-refractivity contribution is -0.120. The van der Waals surface area contributed by atoms with Crippen LogP contribution in [-0.2, 0) is 4.79 Å². The van der Waals surface area contributed by atoms with Gasteiger partial charge in [0, 0.05) is 24.7 Å². The van der Waals surface area contributed by atoms with Gasteiger partial charge in [0.1, 0.15) is 5.82 Å². The molecule has 1 aliphatic carbocycles. The molecule has 0 radical (unpaired) electrons. The van der Waals surface area contributed by atoms with Crippen LogP contribution < -0.4 is 10.6 Å². The van der Waals surface area contributed by atoms with E-state index in [2.05, 4.69) is 10.6 Å². The fraction of sp³-hybridized carbons (Fsp3) is 0.417. The minimum absolute atomic E-state index is 0.0807. The number of hydrogen-bond acceptors (Lipinski definition) is 2. The van der Waals surface area contributed by atoms with Gasteiger partial charge in [-0.05, 0) is 37.1 Å². The summed E-state index contributed by atoms with van der Waals surface area (Å²) < 4.78 is 12.6. The lowest BCUT2D eigenvalue weighted by Gasteiger charge is -2.06. The Morgan fingerprint density at radius 3 is 2.62 bits per heavy atom. The number of carbonyl (C=O) groups is 1. The predicted molar refractivity (Wildman–Crippen MR) is 60.7 cm³/mol. The summed E-state index contributed by atoms with van der Waals surface area (Å²) in [5.74, 6) is -0.172. The van der Waals surface area contributed by atoms with Gasteiger partial charge in [0.2, 0.25) is 5.91 Å². The number of benzene rings is 1. The first-order valence-corrected chi connectivity index (χ1v) is 5.53. The molecule has 0 bridgehead atoms. The van der Waals surface area contributed by atoms with Crippen molar-refractivity contribution in [3.63, 3.8) is 0 Å². The average molecular weight is 222 g/mol. The zero-order valence-electron chi connectivity index (χ0n) is 9.00. The fourth-order valence-corrected chi connectivity index (χ4v) is 1.42. The Bertz CT molecular complexity index is 360. The third-order valence-corrected chi connectivity index (χ3v) is 2.47. The summed E-state index contributed by atoms with van der Waals surface area (Å²) in [6.07, 6.45) is 2.67. The van der Waals surface area contributed by atoms with Crippen molar-refractivity contribution in [1.82, 2.24) is 5.32 Å².